The van der Waals surface area contributed by atoms with Crippen LogP contribution in [0.1, 0.15) is 46.0 Å². The molecule has 1 heterocycles. The van der Waals surface area contributed by atoms with Crippen molar-refractivity contribution in [1.29, 1.82) is 0 Å². The van der Waals surface area contributed by atoms with Gasteiger partial charge in [-0.1, -0.05) is 13.3 Å². The van der Waals surface area contributed by atoms with Crippen molar-refractivity contribution in [3.05, 3.63) is 0 Å². The molecule has 126 valence electrons. The predicted octanol–water partition coefficient (Wildman–Crippen LogP) is 1.03. The van der Waals surface area contributed by atoms with Crippen LogP contribution in [0.2, 0.25) is 0 Å². The first-order valence-corrected chi connectivity index (χ1v) is 8.04. The molecule has 0 aliphatic carbocycles. The van der Waals surface area contributed by atoms with Crippen molar-refractivity contribution in [2.45, 2.75) is 52.0 Å². The van der Waals surface area contributed by atoms with Crippen LogP contribution in [0, 0.1) is 0 Å². The maximum atomic E-state index is 11.8. The molecule has 0 saturated carbocycles. The Morgan fingerprint density at radius 2 is 1.82 bits per heavy atom. The van der Waals surface area contributed by atoms with Gasteiger partial charge in [-0.2, -0.15) is 0 Å². The molecular weight excluding hydrogens is 286 g/mol. The molecular formula is C15H27N3O4. The van der Waals surface area contributed by atoms with Crippen molar-refractivity contribution in [2.24, 2.45) is 0 Å². The first kappa shape index (κ1) is 18.3. The number of amides is 3. The molecule has 22 heavy (non-hydrogen) atoms. The largest absolute Gasteiger partial charge is 0.450 e. The Balaban J connectivity index is 2.21. The van der Waals surface area contributed by atoms with Crippen LogP contribution in [0.15, 0.2) is 0 Å². The Kier molecular flexibility index (Phi) is 8.32. The normalized spacial score (nSPS) is 15.3. The van der Waals surface area contributed by atoms with Crippen LogP contribution in [-0.4, -0.2) is 55.1 Å². The van der Waals surface area contributed by atoms with Crippen LogP contribution in [0.25, 0.3) is 0 Å². The summed E-state index contributed by atoms with van der Waals surface area (Å²) in [7, 11) is 0. The Morgan fingerprint density at radius 3 is 2.41 bits per heavy atom. The maximum Gasteiger partial charge on any atom is 0.409 e. The van der Waals surface area contributed by atoms with Gasteiger partial charge in [-0.15, -0.1) is 0 Å². The zero-order chi connectivity index (χ0) is 16.4. The standard InChI is InChI=1S/C15H27N3O4/c1-3-5-8-16-13(19)11-14(20)17-12-6-9-18(10-7-12)15(21)22-4-2/h12H,3-11H2,1-2H3,(H,16,19)(H,17,20). The number of likely N-dealkylation sites (tertiary alicyclic amines) is 1. The maximum absolute atomic E-state index is 11.8. The minimum Gasteiger partial charge on any atom is -0.450 e. The first-order chi connectivity index (χ1) is 10.6. The van der Waals surface area contributed by atoms with Crippen molar-refractivity contribution in [3.8, 4) is 0 Å². The molecule has 0 aromatic heterocycles. The van der Waals surface area contributed by atoms with Crippen LogP contribution in [-0.2, 0) is 14.3 Å². The van der Waals surface area contributed by atoms with Crippen molar-refractivity contribution >= 4 is 17.9 Å². The van der Waals surface area contributed by atoms with E-state index >= 15 is 0 Å². The molecule has 0 unspecified atom stereocenters. The summed E-state index contributed by atoms with van der Waals surface area (Å²) in [4.78, 5) is 36.5. The molecule has 1 aliphatic rings. The lowest BCUT2D eigenvalue weighted by atomic mass is 10.1. The zero-order valence-electron chi connectivity index (χ0n) is 13.5. The molecule has 1 aliphatic heterocycles. The van der Waals surface area contributed by atoms with Crippen molar-refractivity contribution in [3.63, 3.8) is 0 Å². The molecule has 1 rings (SSSR count). The lowest BCUT2D eigenvalue weighted by Gasteiger charge is -2.31. The van der Waals surface area contributed by atoms with E-state index in [0.29, 0.717) is 39.1 Å². The van der Waals surface area contributed by atoms with Gasteiger partial charge in [0.2, 0.25) is 11.8 Å². The molecule has 7 nitrogen and oxygen atoms in total. The minimum atomic E-state index is -0.303. The summed E-state index contributed by atoms with van der Waals surface area (Å²) in [6.45, 7) is 5.92. The van der Waals surface area contributed by atoms with E-state index in [2.05, 4.69) is 10.6 Å². The van der Waals surface area contributed by atoms with Gasteiger partial charge in [0.1, 0.15) is 6.42 Å². The SMILES string of the molecule is CCCCNC(=O)CC(=O)NC1CCN(C(=O)OCC)CC1. The summed E-state index contributed by atoms with van der Waals surface area (Å²) in [6, 6.07) is 0.0154. The van der Waals surface area contributed by atoms with E-state index < -0.39 is 0 Å². The lowest BCUT2D eigenvalue weighted by Crippen LogP contribution is -2.47. The van der Waals surface area contributed by atoms with E-state index in [1.54, 1.807) is 11.8 Å². The van der Waals surface area contributed by atoms with Gasteiger partial charge in [-0.25, -0.2) is 4.79 Å². The number of ether oxygens (including phenoxy) is 1. The third-order valence-corrected chi connectivity index (χ3v) is 3.56. The average molecular weight is 313 g/mol. The summed E-state index contributed by atoms with van der Waals surface area (Å²) in [5.74, 6) is -0.501. The van der Waals surface area contributed by atoms with Crippen LogP contribution in [0.4, 0.5) is 4.79 Å². The fourth-order valence-electron chi connectivity index (χ4n) is 2.31. The monoisotopic (exact) mass is 313 g/mol. The summed E-state index contributed by atoms with van der Waals surface area (Å²) >= 11 is 0. The van der Waals surface area contributed by atoms with Crippen LogP contribution in [0.3, 0.4) is 0 Å². The average Bonchev–Trinajstić information content (AvgIpc) is 2.48. The highest BCUT2D eigenvalue weighted by Gasteiger charge is 2.24. The second-order valence-electron chi connectivity index (χ2n) is 5.41. The van der Waals surface area contributed by atoms with Crippen molar-refractivity contribution < 1.29 is 19.1 Å². The highest BCUT2D eigenvalue weighted by atomic mass is 16.6. The molecule has 0 aromatic carbocycles. The summed E-state index contributed by atoms with van der Waals surface area (Å²) in [6.07, 6.45) is 2.85. The van der Waals surface area contributed by atoms with E-state index in [1.807, 2.05) is 6.92 Å². The number of hydrogen-bond acceptors (Lipinski definition) is 4. The van der Waals surface area contributed by atoms with E-state index in [4.69, 9.17) is 4.74 Å². The molecule has 0 aromatic rings. The van der Waals surface area contributed by atoms with E-state index in [0.717, 1.165) is 12.8 Å². The molecule has 0 atom stereocenters. The Labute approximate surface area is 131 Å². The van der Waals surface area contributed by atoms with Crippen molar-refractivity contribution in [2.75, 3.05) is 26.2 Å². The molecule has 3 amide bonds. The summed E-state index contributed by atoms with van der Waals surface area (Å²) < 4.78 is 4.94. The third kappa shape index (κ3) is 6.78. The summed E-state index contributed by atoms with van der Waals surface area (Å²) in [5.41, 5.74) is 0. The fourth-order valence-corrected chi connectivity index (χ4v) is 2.31. The second-order valence-corrected chi connectivity index (χ2v) is 5.41. The molecule has 0 radical (unpaired) electrons. The number of nitrogens with zero attached hydrogens (tertiary/aromatic N) is 1. The smallest absolute Gasteiger partial charge is 0.409 e. The van der Waals surface area contributed by atoms with E-state index in [-0.39, 0.29) is 30.4 Å². The van der Waals surface area contributed by atoms with E-state index in [1.165, 1.54) is 0 Å². The molecule has 0 bridgehead atoms. The number of nitrogens with one attached hydrogen (secondary N) is 2. The second kappa shape index (κ2) is 10.0. The van der Waals surface area contributed by atoms with Gasteiger partial charge in [-0.05, 0) is 26.2 Å². The molecule has 0 spiro atoms. The Hall–Kier alpha value is -1.79. The molecule has 1 saturated heterocycles. The highest BCUT2D eigenvalue weighted by molar-refractivity contribution is 5.96. The van der Waals surface area contributed by atoms with E-state index in [9.17, 15) is 14.4 Å². The quantitative estimate of drug-likeness (QED) is 0.543. The van der Waals surface area contributed by atoms with Crippen LogP contribution >= 0.6 is 0 Å². The number of rotatable bonds is 7. The van der Waals surface area contributed by atoms with Gasteiger partial charge in [0.15, 0.2) is 0 Å². The number of carbonyl (C=O) groups excluding carboxylic acids is 3. The number of unbranched alkanes of at least 4 members (excludes halogenated alkanes) is 1. The topological polar surface area (TPSA) is 87.7 Å². The van der Waals surface area contributed by atoms with Gasteiger partial charge in [0, 0.05) is 25.7 Å². The minimum absolute atomic E-state index is 0.0154. The van der Waals surface area contributed by atoms with Gasteiger partial charge >= 0.3 is 6.09 Å². The van der Waals surface area contributed by atoms with Gasteiger partial charge in [0.05, 0.1) is 6.61 Å². The van der Waals surface area contributed by atoms with Crippen LogP contribution in [0.5, 0.6) is 0 Å². The van der Waals surface area contributed by atoms with Gasteiger partial charge in [0.25, 0.3) is 0 Å². The number of piperidine rings is 1. The van der Waals surface area contributed by atoms with Gasteiger partial charge in [-0.3, -0.25) is 9.59 Å². The van der Waals surface area contributed by atoms with Gasteiger partial charge < -0.3 is 20.3 Å². The predicted molar refractivity (Wildman–Crippen MR) is 82.3 cm³/mol. The number of carbonyl (C=O) groups is 3. The summed E-state index contributed by atoms with van der Waals surface area (Å²) in [5, 5.41) is 5.57. The Morgan fingerprint density at radius 1 is 1.14 bits per heavy atom. The van der Waals surface area contributed by atoms with Crippen LogP contribution < -0.4 is 10.6 Å². The molecule has 1 fully saturated rings. The first-order valence-electron chi connectivity index (χ1n) is 8.04. The molecule has 2 N–H and O–H groups in total. The van der Waals surface area contributed by atoms with Crippen molar-refractivity contribution in [1.82, 2.24) is 15.5 Å². The Bertz CT molecular complexity index is 379. The fraction of sp³-hybridized carbons (Fsp3) is 0.800. The highest BCUT2D eigenvalue weighted by Crippen LogP contribution is 2.11. The zero-order valence-corrected chi connectivity index (χ0v) is 13.5. The third-order valence-electron chi connectivity index (χ3n) is 3.56. The number of hydrogen-bond donors (Lipinski definition) is 2. The lowest BCUT2D eigenvalue weighted by molar-refractivity contribution is -0.129. The molecule has 7 heteroatoms.